The fourth-order valence-corrected chi connectivity index (χ4v) is 1.70. The average molecular weight is 306 g/mol. The monoisotopic (exact) mass is 306 g/mol. The van der Waals surface area contributed by atoms with E-state index in [4.69, 9.17) is 16.0 Å². The summed E-state index contributed by atoms with van der Waals surface area (Å²) in [6.45, 7) is 6.34. The van der Waals surface area contributed by atoms with Crippen molar-refractivity contribution in [3.63, 3.8) is 0 Å². The molecule has 22 heavy (non-hydrogen) atoms. The van der Waals surface area contributed by atoms with E-state index in [9.17, 15) is 4.79 Å². The Kier molecular flexibility index (Phi) is 13.9. The first-order valence-corrected chi connectivity index (χ1v) is 7.83. The first kappa shape index (κ1) is 19.9. The molecule has 0 aliphatic heterocycles. The lowest BCUT2D eigenvalue weighted by molar-refractivity contribution is -0.199. The highest BCUT2D eigenvalue weighted by Gasteiger charge is 2.02. The number of allylic oxidation sites excluding steroid dienone is 1. The van der Waals surface area contributed by atoms with Crippen molar-refractivity contribution in [2.45, 2.75) is 64.7 Å². The fourth-order valence-electron chi connectivity index (χ4n) is 1.70. The van der Waals surface area contributed by atoms with Crippen molar-refractivity contribution < 1.29 is 19.3 Å². The summed E-state index contributed by atoms with van der Waals surface area (Å²) in [5.74, 6) is 4.83. The van der Waals surface area contributed by atoms with Crippen molar-refractivity contribution in [3.05, 3.63) is 12.3 Å². The quantitative estimate of drug-likeness (QED) is 0.128. The highest BCUT2D eigenvalue weighted by Crippen LogP contribution is 2.12. The molecule has 0 aromatic rings. The number of unbranched alkanes of at least 4 members (excludes halogenated alkanes) is 5. The van der Waals surface area contributed by atoms with E-state index in [0.29, 0.717) is 18.8 Å². The zero-order valence-corrected chi connectivity index (χ0v) is 13.5. The van der Waals surface area contributed by atoms with Crippen molar-refractivity contribution in [2.75, 3.05) is 6.61 Å². The first-order chi connectivity index (χ1) is 10.7. The third kappa shape index (κ3) is 14.3. The van der Waals surface area contributed by atoms with E-state index in [-0.39, 0.29) is 5.97 Å². The molecule has 0 atom stereocenters. The fraction of sp³-hybridized carbons (Fsp3) is 0.611. The summed E-state index contributed by atoms with van der Waals surface area (Å²) < 4.78 is 5.09. The maximum absolute atomic E-state index is 11.4. The topological polar surface area (TPSA) is 44.8 Å². The number of ether oxygens (including phenoxy) is 1. The molecule has 4 nitrogen and oxygen atoms in total. The van der Waals surface area contributed by atoms with Crippen LogP contribution in [0, 0.1) is 24.4 Å². The lowest BCUT2D eigenvalue weighted by Gasteiger charge is -2.05. The van der Waals surface area contributed by atoms with Crippen LogP contribution in [0.1, 0.15) is 64.7 Å². The average Bonchev–Trinajstić information content (AvgIpc) is 2.51. The molecule has 4 heteroatoms. The van der Waals surface area contributed by atoms with Crippen molar-refractivity contribution >= 4 is 5.97 Å². The van der Waals surface area contributed by atoms with Crippen LogP contribution in [-0.4, -0.2) is 12.6 Å². The zero-order valence-electron chi connectivity index (χ0n) is 13.5. The molecule has 0 radical (unpaired) electrons. The molecule has 0 unspecified atom stereocenters. The Morgan fingerprint density at radius 1 is 1.09 bits per heavy atom. The number of terminal acetylenes is 1. The molecule has 0 aromatic carbocycles. The van der Waals surface area contributed by atoms with Crippen LogP contribution in [0.25, 0.3) is 0 Å². The number of rotatable bonds is 13. The van der Waals surface area contributed by atoms with Crippen LogP contribution in [0.15, 0.2) is 12.3 Å². The molecule has 122 valence electrons. The van der Waals surface area contributed by atoms with E-state index < -0.39 is 0 Å². The highest BCUT2D eigenvalue weighted by atomic mass is 17.2. The summed E-state index contributed by atoms with van der Waals surface area (Å²) in [5.41, 5.74) is 0. The molecule has 0 aliphatic rings. The minimum Gasteiger partial charge on any atom is -0.466 e. The van der Waals surface area contributed by atoms with E-state index in [1.165, 1.54) is 0 Å². The van der Waals surface area contributed by atoms with Crippen LogP contribution >= 0.6 is 0 Å². The summed E-state index contributed by atoms with van der Waals surface area (Å²) in [4.78, 5) is 20.7. The van der Waals surface area contributed by atoms with Crippen LogP contribution in [0.2, 0.25) is 0 Å². The van der Waals surface area contributed by atoms with Gasteiger partial charge in [0, 0.05) is 18.8 Å². The first-order valence-electron chi connectivity index (χ1n) is 7.83. The van der Waals surface area contributed by atoms with Gasteiger partial charge in [-0.15, -0.1) is 6.42 Å². The lowest BCUT2D eigenvalue weighted by atomic mass is 10.1. The third-order valence-corrected chi connectivity index (χ3v) is 2.92. The van der Waals surface area contributed by atoms with Gasteiger partial charge in [0.15, 0.2) is 6.11 Å². The Labute approximate surface area is 134 Å². The van der Waals surface area contributed by atoms with E-state index in [1.54, 1.807) is 0 Å². The summed E-state index contributed by atoms with van der Waals surface area (Å²) in [6.07, 6.45) is 15.4. The Morgan fingerprint density at radius 3 is 2.45 bits per heavy atom. The number of carbonyl (C=O) groups excluding carboxylic acids is 1. The minimum absolute atomic E-state index is 0.0829. The van der Waals surface area contributed by atoms with E-state index >= 15 is 0 Å². The van der Waals surface area contributed by atoms with Gasteiger partial charge in [0.05, 0.1) is 6.61 Å². The molecule has 0 rings (SSSR count). The SMILES string of the molecule is C#CC#COOC(=C)CCCCCCCC(=O)OCCCC. The summed E-state index contributed by atoms with van der Waals surface area (Å²) in [5, 5.41) is 0. The largest absolute Gasteiger partial charge is 0.466 e. The second kappa shape index (κ2) is 15.3. The van der Waals surface area contributed by atoms with E-state index in [1.807, 2.05) is 0 Å². The van der Waals surface area contributed by atoms with Gasteiger partial charge in [0.1, 0.15) is 5.76 Å². The van der Waals surface area contributed by atoms with Crippen LogP contribution in [0.4, 0.5) is 0 Å². The standard InChI is InChI=1S/C18H26O4/c1-4-6-15-20-18(19)14-12-10-8-9-11-13-17(3)22-21-16-7-5-2/h2H,3-4,6,8-15H2,1H3. The summed E-state index contributed by atoms with van der Waals surface area (Å²) >= 11 is 0. The maximum Gasteiger partial charge on any atom is 0.305 e. The van der Waals surface area contributed by atoms with Gasteiger partial charge in [-0.3, -0.25) is 9.68 Å². The molecule has 0 saturated carbocycles. The van der Waals surface area contributed by atoms with Crippen LogP contribution in [0.3, 0.4) is 0 Å². The van der Waals surface area contributed by atoms with Gasteiger partial charge >= 0.3 is 5.97 Å². The van der Waals surface area contributed by atoms with Gasteiger partial charge in [-0.2, -0.15) is 0 Å². The van der Waals surface area contributed by atoms with E-state index in [2.05, 4.69) is 36.3 Å². The van der Waals surface area contributed by atoms with Crippen molar-refractivity contribution in [3.8, 4) is 24.4 Å². The van der Waals surface area contributed by atoms with Gasteiger partial charge in [-0.25, -0.2) is 4.89 Å². The molecular formula is C18H26O4. The number of carbonyl (C=O) groups is 1. The second-order valence-electron chi connectivity index (χ2n) is 4.92. The molecule has 0 bridgehead atoms. The van der Waals surface area contributed by atoms with Crippen molar-refractivity contribution in [2.24, 2.45) is 0 Å². The van der Waals surface area contributed by atoms with Crippen LogP contribution < -0.4 is 0 Å². The molecule has 0 spiro atoms. The molecule has 0 fully saturated rings. The van der Waals surface area contributed by atoms with Crippen LogP contribution in [0.5, 0.6) is 0 Å². The Morgan fingerprint density at radius 2 is 1.77 bits per heavy atom. The molecule has 0 aromatic heterocycles. The van der Waals surface area contributed by atoms with Gasteiger partial charge < -0.3 is 4.74 Å². The summed E-state index contributed by atoms with van der Waals surface area (Å²) in [7, 11) is 0. The molecule has 0 heterocycles. The number of hydrogen-bond acceptors (Lipinski definition) is 4. The molecule has 0 aliphatic carbocycles. The minimum atomic E-state index is -0.0829. The number of hydrogen-bond donors (Lipinski definition) is 0. The highest BCUT2D eigenvalue weighted by molar-refractivity contribution is 5.69. The van der Waals surface area contributed by atoms with Gasteiger partial charge in [-0.1, -0.05) is 39.2 Å². The van der Waals surface area contributed by atoms with Gasteiger partial charge in [-0.05, 0) is 25.2 Å². The van der Waals surface area contributed by atoms with Crippen LogP contribution in [-0.2, 0) is 19.3 Å². The van der Waals surface area contributed by atoms with Gasteiger partial charge in [0.25, 0.3) is 0 Å². The Hall–Kier alpha value is -2.07. The van der Waals surface area contributed by atoms with E-state index in [0.717, 1.165) is 51.4 Å². The lowest BCUT2D eigenvalue weighted by Crippen LogP contribution is -2.05. The zero-order chi connectivity index (χ0) is 16.5. The molecular weight excluding hydrogens is 280 g/mol. The molecule has 0 saturated heterocycles. The predicted octanol–water partition coefficient (Wildman–Crippen LogP) is 4.12. The Balaban J connectivity index is 3.34. The van der Waals surface area contributed by atoms with Crippen molar-refractivity contribution in [1.29, 1.82) is 0 Å². The van der Waals surface area contributed by atoms with Gasteiger partial charge in [0.2, 0.25) is 0 Å². The molecule has 0 amide bonds. The third-order valence-electron chi connectivity index (χ3n) is 2.92. The predicted molar refractivity (Wildman–Crippen MR) is 86.1 cm³/mol. The second-order valence-corrected chi connectivity index (χ2v) is 4.92. The Bertz CT molecular complexity index is 409. The maximum atomic E-state index is 11.4. The smallest absolute Gasteiger partial charge is 0.305 e. The normalized spacial score (nSPS) is 9.09. The van der Waals surface area contributed by atoms with Crippen molar-refractivity contribution in [1.82, 2.24) is 0 Å². The summed E-state index contributed by atoms with van der Waals surface area (Å²) in [6, 6.07) is 0. The molecule has 0 N–H and O–H groups in total. The number of esters is 1.